The standard InChI is InChI=1S/C25H27F3N4O/c26-25(27,28)20-5-3-4-19(14-20)18-9-12-31(13-10-18)24(33)17-30-15-21-7-8-22(16-30)32(21)23-6-1-2-11-29-23/h1-6,9,11,14,21-22H,7-8,10,12-13,15-17H2. The number of halogens is 3. The van der Waals surface area contributed by atoms with E-state index in [0.717, 1.165) is 43.4 Å². The monoisotopic (exact) mass is 456 g/mol. The van der Waals surface area contributed by atoms with Gasteiger partial charge in [0.25, 0.3) is 0 Å². The first-order valence-corrected chi connectivity index (χ1v) is 11.4. The third kappa shape index (κ3) is 4.62. The molecule has 3 aliphatic rings. The van der Waals surface area contributed by atoms with Gasteiger partial charge in [0.2, 0.25) is 5.91 Å². The molecule has 1 amide bonds. The summed E-state index contributed by atoms with van der Waals surface area (Å²) in [5.74, 6) is 1.10. The number of nitrogens with zero attached hydrogens (tertiary/aromatic N) is 4. The molecule has 0 aliphatic carbocycles. The number of fused-ring (bicyclic) bond motifs is 2. The molecule has 5 rings (SSSR count). The molecule has 8 heteroatoms. The summed E-state index contributed by atoms with van der Waals surface area (Å²) in [7, 11) is 0. The number of likely N-dealkylation sites (tertiary alicyclic amines) is 1. The highest BCUT2D eigenvalue weighted by molar-refractivity contribution is 5.80. The van der Waals surface area contributed by atoms with Crippen molar-refractivity contribution in [1.29, 1.82) is 0 Å². The van der Waals surface area contributed by atoms with Crippen molar-refractivity contribution in [2.24, 2.45) is 0 Å². The third-order valence-corrected chi connectivity index (χ3v) is 6.95. The van der Waals surface area contributed by atoms with Crippen molar-refractivity contribution in [3.05, 3.63) is 65.9 Å². The highest BCUT2D eigenvalue weighted by Gasteiger charge is 2.41. The van der Waals surface area contributed by atoms with Crippen LogP contribution < -0.4 is 4.90 Å². The minimum Gasteiger partial charge on any atom is -0.348 e. The fourth-order valence-electron chi connectivity index (χ4n) is 5.34. The normalized spacial score (nSPS) is 23.5. The van der Waals surface area contributed by atoms with Crippen LogP contribution in [0.1, 0.15) is 30.4 Å². The second-order valence-corrected chi connectivity index (χ2v) is 9.07. The molecule has 174 valence electrons. The Balaban J connectivity index is 1.18. The van der Waals surface area contributed by atoms with Gasteiger partial charge in [-0.25, -0.2) is 4.98 Å². The summed E-state index contributed by atoms with van der Waals surface area (Å²) >= 11 is 0. The molecule has 2 fully saturated rings. The largest absolute Gasteiger partial charge is 0.416 e. The van der Waals surface area contributed by atoms with Crippen LogP contribution in [0.2, 0.25) is 0 Å². The summed E-state index contributed by atoms with van der Waals surface area (Å²) in [6.07, 6.45) is 2.14. The Labute approximate surface area is 191 Å². The second-order valence-electron chi connectivity index (χ2n) is 9.07. The van der Waals surface area contributed by atoms with E-state index in [1.54, 1.807) is 6.07 Å². The third-order valence-electron chi connectivity index (χ3n) is 6.95. The zero-order valence-corrected chi connectivity index (χ0v) is 18.3. The Morgan fingerprint density at radius 3 is 2.48 bits per heavy atom. The van der Waals surface area contributed by atoms with Crippen LogP contribution in [0.5, 0.6) is 0 Å². The summed E-state index contributed by atoms with van der Waals surface area (Å²) in [5.41, 5.74) is 0.810. The quantitative estimate of drug-likeness (QED) is 0.696. The van der Waals surface area contributed by atoms with Crippen LogP contribution in [0.25, 0.3) is 5.57 Å². The number of aromatic nitrogens is 1. The van der Waals surface area contributed by atoms with Crippen LogP contribution in [0.3, 0.4) is 0 Å². The predicted octanol–water partition coefficient (Wildman–Crippen LogP) is 4.07. The van der Waals surface area contributed by atoms with Gasteiger partial charge in [0.05, 0.1) is 12.1 Å². The van der Waals surface area contributed by atoms with E-state index in [4.69, 9.17) is 0 Å². The molecular formula is C25H27F3N4O. The smallest absolute Gasteiger partial charge is 0.348 e. The number of benzene rings is 1. The number of carbonyl (C=O) groups is 1. The molecule has 4 heterocycles. The number of hydrogen-bond acceptors (Lipinski definition) is 4. The summed E-state index contributed by atoms with van der Waals surface area (Å²) in [5, 5.41) is 0. The molecule has 2 saturated heterocycles. The molecule has 0 N–H and O–H groups in total. The highest BCUT2D eigenvalue weighted by Crippen LogP contribution is 2.34. The van der Waals surface area contributed by atoms with Crippen LogP contribution in [0, 0.1) is 0 Å². The van der Waals surface area contributed by atoms with Gasteiger partial charge in [-0.05, 0) is 54.7 Å². The van der Waals surface area contributed by atoms with E-state index in [9.17, 15) is 18.0 Å². The van der Waals surface area contributed by atoms with Crippen LogP contribution in [0.4, 0.5) is 19.0 Å². The lowest BCUT2D eigenvalue weighted by Gasteiger charge is -2.42. The number of hydrogen-bond donors (Lipinski definition) is 0. The molecule has 1 aromatic heterocycles. The molecule has 0 spiro atoms. The Kier molecular flexibility index (Phi) is 5.86. The predicted molar refractivity (Wildman–Crippen MR) is 121 cm³/mol. The second kappa shape index (κ2) is 8.82. The molecule has 0 radical (unpaired) electrons. The molecule has 33 heavy (non-hydrogen) atoms. The van der Waals surface area contributed by atoms with Gasteiger partial charge in [0.15, 0.2) is 0 Å². The molecular weight excluding hydrogens is 429 g/mol. The van der Waals surface area contributed by atoms with E-state index in [-0.39, 0.29) is 5.91 Å². The van der Waals surface area contributed by atoms with Crippen molar-refractivity contribution < 1.29 is 18.0 Å². The number of piperazine rings is 1. The maximum atomic E-state index is 13.0. The van der Waals surface area contributed by atoms with Gasteiger partial charge in [-0.2, -0.15) is 13.2 Å². The van der Waals surface area contributed by atoms with Crippen molar-refractivity contribution in [3.63, 3.8) is 0 Å². The van der Waals surface area contributed by atoms with Gasteiger partial charge in [0, 0.05) is 44.5 Å². The fourth-order valence-corrected chi connectivity index (χ4v) is 5.34. The summed E-state index contributed by atoms with van der Waals surface area (Å²) < 4.78 is 39.1. The lowest BCUT2D eigenvalue weighted by molar-refractivity contribution is -0.137. The Morgan fingerprint density at radius 1 is 1.06 bits per heavy atom. The van der Waals surface area contributed by atoms with Gasteiger partial charge < -0.3 is 9.80 Å². The molecule has 1 aromatic carbocycles. The number of alkyl halides is 3. The van der Waals surface area contributed by atoms with E-state index in [1.807, 2.05) is 35.4 Å². The van der Waals surface area contributed by atoms with Crippen LogP contribution in [0.15, 0.2) is 54.7 Å². The maximum absolute atomic E-state index is 13.0. The molecule has 2 unspecified atom stereocenters. The van der Waals surface area contributed by atoms with Crippen molar-refractivity contribution in [1.82, 2.24) is 14.8 Å². The number of anilines is 1. The van der Waals surface area contributed by atoms with Crippen molar-refractivity contribution in [3.8, 4) is 0 Å². The van der Waals surface area contributed by atoms with Crippen molar-refractivity contribution >= 4 is 17.3 Å². The van der Waals surface area contributed by atoms with E-state index in [2.05, 4.69) is 14.8 Å². The zero-order chi connectivity index (χ0) is 23.0. The zero-order valence-electron chi connectivity index (χ0n) is 18.3. The fraction of sp³-hybridized carbons (Fsp3) is 0.440. The summed E-state index contributed by atoms with van der Waals surface area (Å²) in [6.45, 7) is 3.04. The maximum Gasteiger partial charge on any atom is 0.416 e. The minimum atomic E-state index is -4.35. The molecule has 2 aromatic rings. The highest BCUT2D eigenvalue weighted by atomic mass is 19.4. The van der Waals surface area contributed by atoms with E-state index >= 15 is 0 Å². The lowest BCUT2D eigenvalue weighted by Crippen LogP contribution is -2.56. The Bertz CT molecular complexity index is 1030. The van der Waals surface area contributed by atoms with E-state index < -0.39 is 11.7 Å². The average molecular weight is 457 g/mol. The van der Waals surface area contributed by atoms with Gasteiger partial charge in [0.1, 0.15) is 5.82 Å². The molecule has 2 bridgehead atoms. The average Bonchev–Trinajstić information content (AvgIpc) is 3.09. The van der Waals surface area contributed by atoms with E-state index in [1.165, 1.54) is 12.1 Å². The number of amides is 1. The minimum absolute atomic E-state index is 0.0834. The van der Waals surface area contributed by atoms with E-state index in [0.29, 0.717) is 43.7 Å². The SMILES string of the molecule is O=C(CN1CC2CCC(C1)N2c1ccccn1)N1CC=C(c2cccc(C(F)(F)F)c2)CC1. The van der Waals surface area contributed by atoms with Crippen LogP contribution in [-0.2, 0) is 11.0 Å². The van der Waals surface area contributed by atoms with Crippen LogP contribution >= 0.6 is 0 Å². The Morgan fingerprint density at radius 2 is 1.85 bits per heavy atom. The molecule has 0 saturated carbocycles. The topological polar surface area (TPSA) is 39.7 Å². The van der Waals surface area contributed by atoms with Gasteiger partial charge >= 0.3 is 6.18 Å². The summed E-state index contributed by atoms with van der Waals surface area (Å²) in [4.78, 5) is 23.9. The number of rotatable bonds is 4. The first-order valence-electron chi connectivity index (χ1n) is 11.4. The lowest BCUT2D eigenvalue weighted by atomic mass is 9.97. The first-order chi connectivity index (χ1) is 15.9. The van der Waals surface area contributed by atoms with Gasteiger partial charge in [-0.1, -0.05) is 24.3 Å². The molecule has 5 nitrogen and oxygen atoms in total. The van der Waals surface area contributed by atoms with Crippen molar-refractivity contribution in [2.45, 2.75) is 37.5 Å². The number of carbonyl (C=O) groups excluding carboxylic acids is 1. The first kappa shape index (κ1) is 21.9. The Hall–Kier alpha value is -2.87. The number of pyridine rings is 1. The molecule has 3 aliphatic heterocycles. The van der Waals surface area contributed by atoms with Crippen LogP contribution in [-0.4, -0.2) is 65.5 Å². The van der Waals surface area contributed by atoms with Gasteiger partial charge in [-0.3, -0.25) is 9.69 Å². The summed E-state index contributed by atoms with van der Waals surface area (Å²) in [6, 6.07) is 12.2. The van der Waals surface area contributed by atoms with Gasteiger partial charge in [-0.15, -0.1) is 0 Å². The molecule has 2 atom stereocenters. The van der Waals surface area contributed by atoms with Crippen molar-refractivity contribution in [2.75, 3.05) is 37.6 Å².